The SMILES string of the molecule is CC(C)(C)C(=O)COc1cc(C(=O)NC(CC(=O)O)c2ccccc2Cl)nn1-c1ccccc1F. The number of ether oxygens (including phenoxy) is 1. The minimum absolute atomic E-state index is 0.0120. The standard InChI is InChI=1S/C25H25ClFN3O5/c1-25(2,3)21(31)14-35-22-12-19(29-30(22)20-11-7-6-10-17(20)27)24(34)28-18(13-23(32)33)15-8-4-5-9-16(15)26/h4-12,18H,13-14H2,1-3H3,(H,28,34)(H,32,33). The Balaban J connectivity index is 1.95. The number of rotatable bonds is 9. The van der Waals surface area contributed by atoms with Gasteiger partial charge in [-0.2, -0.15) is 9.78 Å². The van der Waals surface area contributed by atoms with E-state index in [1.165, 1.54) is 24.3 Å². The van der Waals surface area contributed by atoms with Gasteiger partial charge in [-0.1, -0.05) is 62.7 Å². The van der Waals surface area contributed by atoms with Gasteiger partial charge in [-0.25, -0.2) is 4.39 Å². The molecule has 0 saturated heterocycles. The molecule has 0 aliphatic rings. The molecule has 1 aromatic heterocycles. The maximum atomic E-state index is 14.5. The van der Waals surface area contributed by atoms with Crippen LogP contribution in [0.3, 0.4) is 0 Å². The number of aromatic nitrogens is 2. The van der Waals surface area contributed by atoms with Crippen molar-refractivity contribution >= 4 is 29.3 Å². The van der Waals surface area contributed by atoms with Gasteiger partial charge in [0.1, 0.15) is 18.1 Å². The van der Waals surface area contributed by atoms with Crippen molar-refractivity contribution in [1.29, 1.82) is 0 Å². The minimum atomic E-state index is -1.14. The fraction of sp³-hybridized carbons (Fsp3) is 0.280. The van der Waals surface area contributed by atoms with Crippen molar-refractivity contribution in [2.24, 2.45) is 5.41 Å². The summed E-state index contributed by atoms with van der Waals surface area (Å²) in [5.74, 6) is -2.71. The first kappa shape index (κ1) is 25.9. The Hall–Kier alpha value is -3.72. The van der Waals surface area contributed by atoms with Gasteiger partial charge in [0.15, 0.2) is 11.5 Å². The van der Waals surface area contributed by atoms with Crippen molar-refractivity contribution in [2.45, 2.75) is 33.2 Å². The number of ketones is 1. The fourth-order valence-corrected chi connectivity index (χ4v) is 3.40. The van der Waals surface area contributed by atoms with Gasteiger partial charge in [0, 0.05) is 16.5 Å². The van der Waals surface area contributed by atoms with Crippen LogP contribution in [0.4, 0.5) is 4.39 Å². The van der Waals surface area contributed by atoms with Gasteiger partial charge >= 0.3 is 5.97 Å². The number of hydrogen-bond acceptors (Lipinski definition) is 5. The molecule has 0 saturated carbocycles. The number of benzene rings is 2. The summed E-state index contributed by atoms with van der Waals surface area (Å²) in [4.78, 5) is 36.8. The molecule has 8 nitrogen and oxygen atoms in total. The van der Waals surface area contributed by atoms with E-state index in [1.54, 1.807) is 51.1 Å². The van der Waals surface area contributed by atoms with Crippen LogP contribution in [-0.4, -0.2) is 39.2 Å². The second kappa shape index (κ2) is 10.7. The Bertz CT molecular complexity index is 1250. The molecule has 1 heterocycles. The first-order valence-corrected chi connectivity index (χ1v) is 11.1. The minimum Gasteiger partial charge on any atom is -0.481 e. The summed E-state index contributed by atoms with van der Waals surface area (Å²) in [7, 11) is 0. The Morgan fingerprint density at radius 2 is 1.80 bits per heavy atom. The summed E-state index contributed by atoms with van der Waals surface area (Å²) in [6, 6.07) is 12.6. The van der Waals surface area contributed by atoms with Crippen LogP contribution in [0.15, 0.2) is 54.6 Å². The number of nitrogens with one attached hydrogen (secondary N) is 1. The zero-order valence-electron chi connectivity index (χ0n) is 19.4. The van der Waals surface area contributed by atoms with E-state index in [9.17, 15) is 23.9 Å². The number of carboxylic acid groups (broad SMARTS) is 1. The van der Waals surface area contributed by atoms with Crippen molar-refractivity contribution < 1.29 is 28.6 Å². The topological polar surface area (TPSA) is 111 Å². The highest BCUT2D eigenvalue weighted by Gasteiger charge is 2.26. The number of carbonyl (C=O) groups is 3. The fourth-order valence-electron chi connectivity index (χ4n) is 3.13. The molecule has 35 heavy (non-hydrogen) atoms. The van der Waals surface area contributed by atoms with Crippen LogP contribution in [0.2, 0.25) is 5.02 Å². The second-order valence-electron chi connectivity index (χ2n) is 8.84. The lowest BCUT2D eigenvalue weighted by molar-refractivity contribution is -0.137. The molecule has 10 heteroatoms. The highest BCUT2D eigenvalue weighted by Crippen LogP contribution is 2.27. The smallest absolute Gasteiger partial charge is 0.305 e. The molecule has 2 aromatic carbocycles. The molecule has 2 N–H and O–H groups in total. The van der Waals surface area contributed by atoms with Gasteiger partial charge < -0.3 is 15.2 Å². The Morgan fingerprint density at radius 1 is 1.14 bits per heavy atom. The van der Waals surface area contributed by atoms with Crippen LogP contribution in [-0.2, 0) is 9.59 Å². The molecule has 3 rings (SSSR count). The summed E-state index contributed by atoms with van der Waals surface area (Å²) in [5, 5.41) is 16.4. The number of hydrogen-bond donors (Lipinski definition) is 2. The number of amides is 1. The average Bonchev–Trinajstić information content (AvgIpc) is 3.21. The van der Waals surface area contributed by atoms with Crippen molar-refractivity contribution in [3.05, 3.63) is 76.7 Å². The number of aliphatic carboxylic acids is 1. The molecule has 1 amide bonds. The first-order valence-electron chi connectivity index (χ1n) is 10.8. The molecule has 0 radical (unpaired) electrons. The molecular weight excluding hydrogens is 477 g/mol. The molecule has 1 atom stereocenters. The molecule has 0 fully saturated rings. The normalized spacial score (nSPS) is 12.1. The van der Waals surface area contributed by atoms with E-state index in [2.05, 4.69) is 10.4 Å². The maximum absolute atomic E-state index is 14.5. The number of nitrogens with zero attached hydrogens (tertiary/aromatic N) is 2. The van der Waals surface area contributed by atoms with Crippen molar-refractivity contribution in [2.75, 3.05) is 6.61 Å². The van der Waals surface area contributed by atoms with Crippen molar-refractivity contribution in [1.82, 2.24) is 15.1 Å². The largest absolute Gasteiger partial charge is 0.481 e. The molecule has 0 aliphatic heterocycles. The number of carbonyl (C=O) groups excluding carboxylic acids is 2. The van der Waals surface area contributed by atoms with Gasteiger partial charge in [-0.15, -0.1) is 0 Å². The third-order valence-electron chi connectivity index (χ3n) is 5.14. The Morgan fingerprint density at radius 3 is 2.43 bits per heavy atom. The lowest BCUT2D eigenvalue weighted by atomic mass is 9.91. The number of Topliss-reactive ketones (excluding diaryl/α,β-unsaturated/α-hetero) is 1. The maximum Gasteiger partial charge on any atom is 0.305 e. The van der Waals surface area contributed by atoms with E-state index in [0.717, 1.165) is 4.68 Å². The predicted molar refractivity (Wildman–Crippen MR) is 127 cm³/mol. The number of carboxylic acids is 1. The zero-order valence-corrected chi connectivity index (χ0v) is 20.2. The molecule has 0 aliphatic carbocycles. The van der Waals surface area contributed by atoms with Gasteiger partial charge in [0.05, 0.1) is 12.5 Å². The molecule has 1 unspecified atom stereocenters. The Kier molecular flexibility index (Phi) is 7.91. The third kappa shape index (κ3) is 6.45. The van der Waals surface area contributed by atoms with E-state index in [1.807, 2.05) is 0 Å². The predicted octanol–water partition coefficient (Wildman–Crippen LogP) is 4.60. The van der Waals surface area contributed by atoms with Crippen LogP contribution in [0.1, 0.15) is 49.3 Å². The average molecular weight is 502 g/mol. The Labute approximate surface area is 206 Å². The molecule has 184 valence electrons. The van der Waals surface area contributed by atoms with Crippen LogP contribution in [0.25, 0.3) is 5.69 Å². The highest BCUT2D eigenvalue weighted by molar-refractivity contribution is 6.31. The molecular formula is C25H25ClFN3O5. The van der Waals surface area contributed by atoms with Gasteiger partial charge in [0.2, 0.25) is 5.88 Å². The molecule has 0 bridgehead atoms. The monoisotopic (exact) mass is 501 g/mol. The summed E-state index contributed by atoms with van der Waals surface area (Å²) in [5.41, 5.74) is -0.389. The lowest BCUT2D eigenvalue weighted by Gasteiger charge is -2.18. The van der Waals surface area contributed by atoms with Gasteiger partial charge in [0.25, 0.3) is 5.91 Å². The second-order valence-corrected chi connectivity index (χ2v) is 9.25. The summed E-state index contributed by atoms with van der Waals surface area (Å²) in [6.07, 6.45) is -0.424. The lowest BCUT2D eigenvalue weighted by Crippen LogP contribution is -2.30. The van der Waals surface area contributed by atoms with Gasteiger partial charge in [-0.3, -0.25) is 14.4 Å². The number of para-hydroxylation sites is 1. The highest BCUT2D eigenvalue weighted by atomic mass is 35.5. The summed E-state index contributed by atoms with van der Waals surface area (Å²) < 4.78 is 21.2. The van der Waals surface area contributed by atoms with Crippen molar-refractivity contribution in [3.63, 3.8) is 0 Å². The van der Waals surface area contributed by atoms with Crippen LogP contribution >= 0.6 is 11.6 Å². The molecule has 3 aromatic rings. The quantitative estimate of drug-likeness (QED) is 0.443. The van der Waals surface area contributed by atoms with E-state index in [-0.39, 0.29) is 29.7 Å². The van der Waals surface area contributed by atoms with E-state index in [0.29, 0.717) is 10.6 Å². The summed E-state index contributed by atoms with van der Waals surface area (Å²) in [6.45, 7) is 4.90. The van der Waals surface area contributed by atoms with E-state index >= 15 is 0 Å². The molecule has 0 spiro atoms. The number of halogens is 2. The third-order valence-corrected chi connectivity index (χ3v) is 5.49. The van der Waals surface area contributed by atoms with Crippen LogP contribution in [0, 0.1) is 11.2 Å². The first-order chi connectivity index (χ1) is 16.5. The van der Waals surface area contributed by atoms with Crippen molar-refractivity contribution in [3.8, 4) is 11.6 Å². The summed E-state index contributed by atoms with van der Waals surface area (Å²) >= 11 is 6.21. The van der Waals surface area contributed by atoms with Crippen LogP contribution in [0.5, 0.6) is 5.88 Å². The van der Waals surface area contributed by atoms with E-state index in [4.69, 9.17) is 16.3 Å². The zero-order chi connectivity index (χ0) is 25.8. The van der Waals surface area contributed by atoms with Gasteiger partial charge in [-0.05, 0) is 23.8 Å². The van der Waals surface area contributed by atoms with E-state index < -0.39 is 35.6 Å². The van der Waals surface area contributed by atoms with Crippen LogP contribution < -0.4 is 10.1 Å².